The lowest BCUT2D eigenvalue weighted by Gasteiger charge is -2.11. The van der Waals surface area contributed by atoms with Crippen LogP contribution >= 0.6 is 0 Å². The van der Waals surface area contributed by atoms with Crippen molar-refractivity contribution in [2.75, 3.05) is 0 Å². The maximum absolute atomic E-state index is 6.21. The normalized spacial score (nSPS) is 11.8. The molecule has 3 heterocycles. The van der Waals surface area contributed by atoms with Crippen LogP contribution in [0.4, 0.5) is 0 Å². The molecule has 10 aromatic rings. The van der Waals surface area contributed by atoms with E-state index in [0.717, 1.165) is 71.1 Å². The van der Waals surface area contributed by atoms with Crippen molar-refractivity contribution >= 4 is 65.2 Å². The Morgan fingerprint density at radius 3 is 1.77 bits per heavy atom. The van der Waals surface area contributed by atoms with Crippen molar-refractivity contribution in [3.63, 3.8) is 0 Å². The van der Waals surface area contributed by atoms with Gasteiger partial charge in [-0.15, -0.1) is 0 Å². The topological polar surface area (TPSA) is 64.7 Å². The Hall–Kier alpha value is -6.46. The number of hydrogen-bond acceptors (Lipinski definition) is 5. The van der Waals surface area contributed by atoms with Crippen molar-refractivity contribution in [2.45, 2.75) is 0 Å². The fraction of sp³-hybridized carbons (Fsp3) is 0. The summed E-state index contributed by atoms with van der Waals surface area (Å²) in [6, 6.07) is 48.1. The summed E-state index contributed by atoms with van der Waals surface area (Å²) in [5.41, 5.74) is 5.49. The molecule has 5 heteroatoms. The highest BCUT2D eigenvalue weighted by atomic mass is 16.3. The van der Waals surface area contributed by atoms with Crippen molar-refractivity contribution in [1.82, 2.24) is 19.9 Å². The summed E-state index contributed by atoms with van der Waals surface area (Å²) in [6.45, 7) is 0. The number of fused-ring (bicyclic) bond motifs is 10. The first-order chi connectivity index (χ1) is 23.3. The van der Waals surface area contributed by atoms with Crippen LogP contribution in [0, 0.1) is 0 Å². The maximum atomic E-state index is 6.21. The third kappa shape index (κ3) is 4.10. The molecule has 0 aliphatic carbocycles. The Bertz CT molecular complexity index is 2850. The van der Waals surface area contributed by atoms with E-state index < -0.39 is 0 Å². The first-order valence-corrected chi connectivity index (χ1v) is 15.6. The number of furan rings is 1. The first kappa shape index (κ1) is 25.8. The van der Waals surface area contributed by atoms with Gasteiger partial charge in [0.1, 0.15) is 11.2 Å². The molecule has 0 N–H and O–H groups in total. The number of para-hydroxylation sites is 1. The molecule has 0 aliphatic rings. The molecule has 0 unspecified atom stereocenters. The van der Waals surface area contributed by atoms with E-state index in [2.05, 4.69) is 96.0 Å². The number of nitrogens with zero attached hydrogens (tertiary/aromatic N) is 4. The van der Waals surface area contributed by atoms with E-state index in [-0.39, 0.29) is 0 Å². The van der Waals surface area contributed by atoms with Crippen LogP contribution in [0.2, 0.25) is 0 Å². The van der Waals surface area contributed by atoms with Gasteiger partial charge >= 0.3 is 0 Å². The zero-order chi connectivity index (χ0) is 30.9. The minimum Gasteiger partial charge on any atom is -0.456 e. The first-order valence-electron chi connectivity index (χ1n) is 15.6. The van der Waals surface area contributed by atoms with Gasteiger partial charge in [-0.05, 0) is 68.7 Å². The lowest BCUT2D eigenvalue weighted by Crippen LogP contribution is -2.00. The highest BCUT2D eigenvalue weighted by Crippen LogP contribution is 2.37. The molecule has 0 aliphatic heterocycles. The second-order valence-electron chi connectivity index (χ2n) is 11.9. The van der Waals surface area contributed by atoms with Crippen LogP contribution in [0.3, 0.4) is 0 Å². The van der Waals surface area contributed by atoms with Gasteiger partial charge < -0.3 is 4.42 Å². The maximum Gasteiger partial charge on any atom is 0.164 e. The molecule has 7 aromatic carbocycles. The van der Waals surface area contributed by atoms with E-state index in [9.17, 15) is 0 Å². The van der Waals surface area contributed by atoms with Gasteiger partial charge in [-0.1, -0.05) is 103 Å². The van der Waals surface area contributed by atoms with Crippen LogP contribution in [0.1, 0.15) is 0 Å². The van der Waals surface area contributed by atoms with Gasteiger partial charge in [0.15, 0.2) is 17.5 Å². The summed E-state index contributed by atoms with van der Waals surface area (Å²) >= 11 is 0. The molecule has 0 bridgehead atoms. The van der Waals surface area contributed by atoms with Crippen molar-refractivity contribution < 1.29 is 4.42 Å². The van der Waals surface area contributed by atoms with Crippen LogP contribution in [0.5, 0.6) is 0 Å². The lowest BCUT2D eigenvalue weighted by atomic mass is 9.96. The van der Waals surface area contributed by atoms with E-state index in [1.807, 2.05) is 54.7 Å². The monoisotopic (exact) mass is 600 g/mol. The van der Waals surface area contributed by atoms with Crippen LogP contribution < -0.4 is 0 Å². The van der Waals surface area contributed by atoms with Crippen molar-refractivity contribution in [3.8, 4) is 34.2 Å². The predicted octanol–water partition coefficient (Wildman–Crippen LogP) is 10.8. The molecule has 0 atom stereocenters. The zero-order valence-corrected chi connectivity index (χ0v) is 25.1. The second kappa shape index (κ2) is 10.0. The molecule has 218 valence electrons. The number of pyridine rings is 1. The number of rotatable bonds is 3. The molecule has 0 saturated carbocycles. The van der Waals surface area contributed by atoms with Gasteiger partial charge in [-0.2, -0.15) is 0 Å². The predicted molar refractivity (Wildman–Crippen MR) is 191 cm³/mol. The van der Waals surface area contributed by atoms with Crippen LogP contribution in [0.15, 0.2) is 150 Å². The average Bonchev–Trinajstić information content (AvgIpc) is 3.53. The highest BCUT2D eigenvalue weighted by molar-refractivity contribution is 6.20. The van der Waals surface area contributed by atoms with Crippen molar-refractivity contribution in [1.29, 1.82) is 0 Å². The average molecular weight is 601 g/mol. The molecule has 0 spiro atoms. The molecule has 3 aromatic heterocycles. The lowest BCUT2D eigenvalue weighted by molar-refractivity contribution is 0.669. The Labute approximate surface area is 268 Å². The number of hydrogen-bond donors (Lipinski definition) is 0. The number of benzene rings is 7. The molecule has 5 nitrogen and oxygen atoms in total. The second-order valence-corrected chi connectivity index (χ2v) is 11.9. The minimum atomic E-state index is 0.619. The largest absolute Gasteiger partial charge is 0.456 e. The SMILES string of the molecule is c1ccc(-c2nc(-c3ccc4ccc5ccc6ncccc6c5c4c3)nc(-c3ccc4ccc5oc6ccccc6c5c4c3)n2)cc1. The molecule has 0 amide bonds. The smallest absolute Gasteiger partial charge is 0.164 e. The summed E-state index contributed by atoms with van der Waals surface area (Å²) in [6.07, 6.45) is 1.84. The van der Waals surface area contributed by atoms with Gasteiger partial charge in [0.25, 0.3) is 0 Å². The molecule has 47 heavy (non-hydrogen) atoms. The van der Waals surface area contributed by atoms with E-state index >= 15 is 0 Å². The quantitative estimate of drug-likeness (QED) is 0.189. The van der Waals surface area contributed by atoms with Gasteiger partial charge in [0.2, 0.25) is 0 Å². The molecule has 0 radical (unpaired) electrons. The Kier molecular flexibility index (Phi) is 5.51. The summed E-state index contributed by atoms with van der Waals surface area (Å²) in [5, 5.41) is 10.2. The molecular weight excluding hydrogens is 576 g/mol. The van der Waals surface area contributed by atoms with E-state index in [1.54, 1.807) is 0 Å². The summed E-state index contributed by atoms with van der Waals surface area (Å²) in [5.74, 6) is 1.87. The van der Waals surface area contributed by atoms with Crippen LogP contribution in [-0.4, -0.2) is 19.9 Å². The Morgan fingerprint density at radius 2 is 0.979 bits per heavy atom. The van der Waals surface area contributed by atoms with Crippen LogP contribution in [0.25, 0.3) is 99.3 Å². The van der Waals surface area contributed by atoms with E-state index in [4.69, 9.17) is 19.4 Å². The van der Waals surface area contributed by atoms with E-state index in [0.29, 0.717) is 17.5 Å². The van der Waals surface area contributed by atoms with Gasteiger partial charge in [0.05, 0.1) is 5.52 Å². The summed E-state index contributed by atoms with van der Waals surface area (Å²) in [4.78, 5) is 19.8. The molecular formula is C42H24N4O. The molecule has 0 fully saturated rings. The van der Waals surface area contributed by atoms with Gasteiger partial charge in [-0.3, -0.25) is 4.98 Å². The zero-order valence-electron chi connectivity index (χ0n) is 25.1. The highest BCUT2D eigenvalue weighted by Gasteiger charge is 2.16. The fourth-order valence-corrected chi connectivity index (χ4v) is 6.88. The fourth-order valence-electron chi connectivity index (χ4n) is 6.88. The number of aromatic nitrogens is 4. The molecule has 10 rings (SSSR count). The van der Waals surface area contributed by atoms with Crippen LogP contribution in [-0.2, 0) is 0 Å². The summed E-state index contributed by atoms with van der Waals surface area (Å²) < 4.78 is 6.21. The van der Waals surface area contributed by atoms with Gasteiger partial charge in [-0.25, -0.2) is 15.0 Å². The third-order valence-electron chi connectivity index (χ3n) is 9.13. The van der Waals surface area contributed by atoms with Crippen molar-refractivity contribution in [3.05, 3.63) is 146 Å². The van der Waals surface area contributed by atoms with Gasteiger partial charge in [0, 0.05) is 39.0 Å². The summed E-state index contributed by atoms with van der Waals surface area (Å²) in [7, 11) is 0. The Balaban J connectivity index is 1.22. The van der Waals surface area contributed by atoms with Crippen molar-refractivity contribution in [2.24, 2.45) is 0 Å². The third-order valence-corrected chi connectivity index (χ3v) is 9.13. The van der Waals surface area contributed by atoms with E-state index in [1.165, 1.54) is 10.8 Å². The minimum absolute atomic E-state index is 0.619. The molecule has 0 saturated heterocycles. The Morgan fingerprint density at radius 1 is 0.383 bits per heavy atom. The standard InChI is InChI=1S/C42H24N4O/c1-2-7-28(8-3-1)40-44-41(29-16-13-25-12-15-27-18-20-35-31(10-6-22-43-35)38(27)33(25)23-29)46-42(45-40)30-17-14-26-19-21-37-39(34(26)24-30)32-9-4-5-11-36(32)47-37/h1-24H.